The minimum Gasteiger partial charge on any atom is -0.336 e. The summed E-state index contributed by atoms with van der Waals surface area (Å²) in [5.41, 5.74) is 0. The van der Waals surface area contributed by atoms with Crippen LogP contribution in [0.15, 0.2) is 5.16 Å². The van der Waals surface area contributed by atoms with Gasteiger partial charge < -0.3 is 4.90 Å². The van der Waals surface area contributed by atoms with E-state index in [1.807, 2.05) is 4.68 Å². The van der Waals surface area contributed by atoms with Crippen molar-refractivity contribution in [3.8, 4) is 0 Å². The molecule has 1 heterocycles. The number of carbonyl (C=O) groups excluding carboxylic acids is 1. The molecule has 1 aromatic rings. The number of thioether (sulfide) groups is 1. The molecule has 0 saturated heterocycles. The second-order valence-corrected chi connectivity index (χ2v) is 8.40. The van der Waals surface area contributed by atoms with E-state index in [4.69, 9.17) is 0 Å². The maximum atomic E-state index is 12.8. The van der Waals surface area contributed by atoms with E-state index in [0.29, 0.717) is 23.9 Å². The van der Waals surface area contributed by atoms with E-state index in [9.17, 15) is 4.79 Å². The van der Waals surface area contributed by atoms with Gasteiger partial charge in [-0.25, -0.2) is 4.68 Å². The maximum absolute atomic E-state index is 12.8. The molecule has 132 valence electrons. The Hall–Kier alpha value is -1.11. The van der Waals surface area contributed by atoms with Crippen LogP contribution in [-0.2, 0) is 4.79 Å². The minimum atomic E-state index is 0.285. The van der Waals surface area contributed by atoms with Crippen molar-refractivity contribution < 1.29 is 4.79 Å². The van der Waals surface area contributed by atoms with Crippen LogP contribution in [0.4, 0.5) is 0 Å². The molecule has 7 heteroatoms. The third-order valence-electron chi connectivity index (χ3n) is 5.65. The largest absolute Gasteiger partial charge is 0.336 e. The quantitative estimate of drug-likeness (QED) is 0.738. The Bertz CT molecular complexity index is 561. The molecular weight excluding hydrogens is 322 g/mol. The van der Waals surface area contributed by atoms with Crippen molar-refractivity contribution in [3.63, 3.8) is 0 Å². The molecule has 0 bridgehead atoms. The summed E-state index contributed by atoms with van der Waals surface area (Å²) in [6.07, 6.45) is 13.4. The highest BCUT2D eigenvalue weighted by molar-refractivity contribution is 7.99. The highest BCUT2D eigenvalue weighted by atomic mass is 32.2. The molecule has 0 aromatic carbocycles. The normalized spacial score (nSPS) is 22.8. The van der Waals surface area contributed by atoms with E-state index >= 15 is 0 Å². The van der Waals surface area contributed by atoms with Crippen molar-refractivity contribution in [3.05, 3.63) is 0 Å². The molecule has 0 unspecified atom stereocenters. The number of rotatable bonds is 6. The SMILES string of the molecule is O=C(CSc1nnnn1C1CCCCC1)N(C1CCCC1)C1CC1. The second kappa shape index (κ2) is 7.42. The molecule has 3 saturated carbocycles. The van der Waals surface area contributed by atoms with Gasteiger partial charge in [-0.2, -0.15) is 0 Å². The van der Waals surface area contributed by atoms with Crippen molar-refractivity contribution in [2.75, 3.05) is 5.75 Å². The van der Waals surface area contributed by atoms with Gasteiger partial charge in [0.1, 0.15) is 0 Å². The molecule has 3 fully saturated rings. The fraction of sp³-hybridized carbons (Fsp3) is 0.882. The van der Waals surface area contributed by atoms with Gasteiger partial charge in [0.2, 0.25) is 11.1 Å². The zero-order valence-corrected chi connectivity index (χ0v) is 15.1. The molecule has 1 amide bonds. The number of hydrogen-bond donors (Lipinski definition) is 0. The third-order valence-corrected chi connectivity index (χ3v) is 6.57. The summed E-state index contributed by atoms with van der Waals surface area (Å²) in [5.74, 6) is 0.757. The number of nitrogens with zero attached hydrogens (tertiary/aromatic N) is 5. The van der Waals surface area contributed by atoms with E-state index in [0.717, 1.165) is 18.0 Å². The zero-order valence-electron chi connectivity index (χ0n) is 14.3. The molecule has 1 aromatic heterocycles. The van der Waals surface area contributed by atoms with Crippen molar-refractivity contribution in [2.45, 2.75) is 93.9 Å². The Morgan fingerprint density at radius 1 is 1.00 bits per heavy atom. The maximum Gasteiger partial charge on any atom is 0.233 e. The Balaban J connectivity index is 1.37. The molecule has 24 heavy (non-hydrogen) atoms. The Labute approximate surface area is 147 Å². The Kier molecular flexibility index (Phi) is 5.06. The second-order valence-electron chi connectivity index (χ2n) is 7.46. The number of amides is 1. The molecule has 0 aliphatic heterocycles. The van der Waals surface area contributed by atoms with Crippen LogP contribution in [0.5, 0.6) is 0 Å². The van der Waals surface area contributed by atoms with Gasteiger partial charge in [0.25, 0.3) is 0 Å². The molecule has 6 nitrogen and oxygen atoms in total. The van der Waals surface area contributed by atoms with Crippen molar-refractivity contribution in [1.82, 2.24) is 25.1 Å². The van der Waals surface area contributed by atoms with Gasteiger partial charge in [0.05, 0.1) is 11.8 Å². The summed E-state index contributed by atoms with van der Waals surface area (Å²) in [6, 6.07) is 1.41. The summed E-state index contributed by atoms with van der Waals surface area (Å²) < 4.78 is 1.97. The van der Waals surface area contributed by atoms with E-state index < -0.39 is 0 Å². The van der Waals surface area contributed by atoms with E-state index in [1.54, 1.807) is 0 Å². The molecule has 3 aliphatic rings. The van der Waals surface area contributed by atoms with Crippen LogP contribution in [0.2, 0.25) is 0 Å². The fourth-order valence-electron chi connectivity index (χ4n) is 4.28. The first-order valence-electron chi connectivity index (χ1n) is 9.55. The van der Waals surface area contributed by atoms with E-state index in [-0.39, 0.29) is 5.91 Å². The predicted molar refractivity (Wildman–Crippen MR) is 92.8 cm³/mol. The summed E-state index contributed by atoms with van der Waals surface area (Å²) in [7, 11) is 0. The lowest BCUT2D eigenvalue weighted by Crippen LogP contribution is -2.41. The standard InChI is InChI=1S/C17H27N5OS/c23-16(21(14-10-11-14)13-6-4-5-7-13)12-24-17-18-19-20-22(17)15-8-2-1-3-9-15/h13-15H,1-12H2. The molecule has 3 aliphatic carbocycles. The van der Waals surface area contributed by atoms with Gasteiger partial charge in [-0.15, -0.1) is 5.10 Å². The van der Waals surface area contributed by atoms with Crippen LogP contribution in [0.25, 0.3) is 0 Å². The van der Waals surface area contributed by atoms with Crippen LogP contribution >= 0.6 is 11.8 Å². The van der Waals surface area contributed by atoms with E-state index in [1.165, 1.54) is 69.5 Å². The smallest absolute Gasteiger partial charge is 0.233 e. The molecule has 0 radical (unpaired) electrons. The zero-order chi connectivity index (χ0) is 16.4. The first-order valence-corrected chi connectivity index (χ1v) is 10.5. The molecular formula is C17H27N5OS. The lowest BCUT2D eigenvalue weighted by molar-refractivity contribution is -0.131. The van der Waals surface area contributed by atoms with Gasteiger partial charge in [-0.05, 0) is 49.0 Å². The van der Waals surface area contributed by atoms with Crippen LogP contribution in [-0.4, -0.2) is 48.9 Å². The van der Waals surface area contributed by atoms with Crippen LogP contribution in [0.3, 0.4) is 0 Å². The van der Waals surface area contributed by atoms with Crippen molar-refractivity contribution in [2.24, 2.45) is 0 Å². The lowest BCUT2D eigenvalue weighted by Gasteiger charge is -2.29. The summed E-state index contributed by atoms with van der Waals surface area (Å²) in [5, 5.41) is 13.1. The molecule has 0 atom stereocenters. The molecule has 0 N–H and O–H groups in total. The Morgan fingerprint density at radius 2 is 1.67 bits per heavy atom. The van der Waals surface area contributed by atoms with Crippen LogP contribution in [0.1, 0.15) is 76.7 Å². The van der Waals surface area contributed by atoms with E-state index in [2.05, 4.69) is 20.4 Å². The average molecular weight is 350 g/mol. The topological polar surface area (TPSA) is 63.9 Å². The van der Waals surface area contributed by atoms with Gasteiger partial charge in [-0.1, -0.05) is 43.9 Å². The highest BCUT2D eigenvalue weighted by Crippen LogP contribution is 2.35. The molecule has 0 spiro atoms. The summed E-state index contributed by atoms with van der Waals surface area (Å²) >= 11 is 1.52. The minimum absolute atomic E-state index is 0.285. The monoisotopic (exact) mass is 349 g/mol. The van der Waals surface area contributed by atoms with Gasteiger partial charge in [0.15, 0.2) is 0 Å². The predicted octanol–water partition coefficient (Wildman–Crippen LogP) is 3.20. The molecule has 4 rings (SSSR count). The lowest BCUT2D eigenvalue weighted by atomic mass is 9.96. The summed E-state index contributed by atoms with van der Waals surface area (Å²) in [4.78, 5) is 15.0. The van der Waals surface area contributed by atoms with Crippen molar-refractivity contribution in [1.29, 1.82) is 0 Å². The number of tetrazole rings is 1. The summed E-state index contributed by atoms with van der Waals surface area (Å²) in [6.45, 7) is 0. The van der Waals surface area contributed by atoms with Crippen molar-refractivity contribution >= 4 is 17.7 Å². The fourth-order valence-corrected chi connectivity index (χ4v) is 5.09. The van der Waals surface area contributed by atoms with Crippen LogP contribution in [0, 0.1) is 0 Å². The average Bonchev–Trinajstić information content (AvgIpc) is 3.11. The Morgan fingerprint density at radius 3 is 2.38 bits per heavy atom. The van der Waals surface area contributed by atoms with Crippen LogP contribution < -0.4 is 0 Å². The number of hydrogen-bond acceptors (Lipinski definition) is 5. The first-order chi connectivity index (χ1) is 11.8. The number of aromatic nitrogens is 4. The first kappa shape index (κ1) is 16.4. The van der Waals surface area contributed by atoms with Gasteiger partial charge >= 0.3 is 0 Å². The third kappa shape index (κ3) is 3.60. The van der Waals surface area contributed by atoms with Gasteiger partial charge in [0, 0.05) is 12.1 Å². The number of carbonyl (C=O) groups is 1. The van der Waals surface area contributed by atoms with Gasteiger partial charge in [-0.3, -0.25) is 4.79 Å². The highest BCUT2D eigenvalue weighted by Gasteiger charge is 2.38.